The van der Waals surface area contributed by atoms with Gasteiger partial charge in [0.05, 0.1) is 11.5 Å². The van der Waals surface area contributed by atoms with Crippen molar-refractivity contribution in [2.75, 3.05) is 11.5 Å². The van der Waals surface area contributed by atoms with Crippen molar-refractivity contribution in [1.29, 1.82) is 0 Å². The maximum Gasteiger partial charge on any atom is 0.179 e. The van der Waals surface area contributed by atoms with Crippen molar-refractivity contribution in [2.24, 2.45) is 0 Å². The third kappa shape index (κ3) is 2.62. The third-order valence-corrected chi connectivity index (χ3v) is 6.23. The topological polar surface area (TPSA) is 68.3 Å². The van der Waals surface area contributed by atoms with Gasteiger partial charge in [-0.3, -0.25) is 0 Å². The molecule has 0 saturated heterocycles. The average Bonchev–Trinajstić information content (AvgIpc) is 2.36. The molecule has 1 aromatic rings. The monoisotopic (exact) mass is 290 g/mol. The predicted octanol–water partition coefficient (Wildman–Crippen LogP) is 1.22. The van der Waals surface area contributed by atoms with Gasteiger partial charge in [0.25, 0.3) is 0 Å². The van der Waals surface area contributed by atoms with E-state index >= 15 is 0 Å². The average molecular weight is 290 g/mol. The SMILES string of the molecule is O=S1(=O)CC=CS(=O)(=O)C(c2ccccc2F)C1. The fourth-order valence-corrected chi connectivity index (χ4v) is 5.58. The lowest BCUT2D eigenvalue weighted by molar-refractivity contribution is 0.573. The molecule has 0 bridgehead atoms. The van der Waals surface area contributed by atoms with Crippen LogP contribution in [-0.2, 0) is 19.7 Å². The van der Waals surface area contributed by atoms with Gasteiger partial charge in [0.15, 0.2) is 19.7 Å². The largest absolute Gasteiger partial charge is 0.228 e. The van der Waals surface area contributed by atoms with Gasteiger partial charge >= 0.3 is 0 Å². The maximum absolute atomic E-state index is 13.6. The third-order valence-electron chi connectivity index (χ3n) is 2.69. The van der Waals surface area contributed by atoms with Crippen molar-refractivity contribution in [2.45, 2.75) is 5.25 Å². The Morgan fingerprint density at radius 2 is 1.78 bits per heavy atom. The second kappa shape index (κ2) is 4.47. The van der Waals surface area contributed by atoms with E-state index in [0.717, 1.165) is 17.6 Å². The molecule has 18 heavy (non-hydrogen) atoms. The lowest BCUT2D eigenvalue weighted by Crippen LogP contribution is -2.21. The van der Waals surface area contributed by atoms with Gasteiger partial charge in [0.1, 0.15) is 11.1 Å². The fraction of sp³-hybridized carbons (Fsp3) is 0.273. The highest BCUT2D eigenvalue weighted by molar-refractivity contribution is 7.97. The quantitative estimate of drug-likeness (QED) is 0.780. The van der Waals surface area contributed by atoms with Crippen molar-refractivity contribution < 1.29 is 21.2 Å². The first kappa shape index (κ1) is 13.2. The van der Waals surface area contributed by atoms with Crippen LogP contribution in [0.15, 0.2) is 35.7 Å². The summed E-state index contributed by atoms with van der Waals surface area (Å²) in [4.78, 5) is 0. The Balaban J connectivity index is 2.60. The Kier molecular flexibility index (Phi) is 3.29. The van der Waals surface area contributed by atoms with E-state index in [0.29, 0.717) is 0 Å². The highest BCUT2D eigenvalue weighted by atomic mass is 32.2. The van der Waals surface area contributed by atoms with Crippen molar-refractivity contribution in [1.82, 2.24) is 0 Å². The zero-order chi connectivity index (χ0) is 13.4. The van der Waals surface area contributed by atoms with Crippen LogP contribution in [-0.4, -0.2) is 28.3 Å². The van der Waals surface area contributed by atoms with Crippen LogP contribution in [0.2, 0.25) is 0 Å². The Labute approximate surface area is 105 Å². The van der Waals surface area contributed by atoms with E-state index in [1.807, 2.05) is 0 Å². The molecular formula is C11H11FO4S2. The van der Waals surface area contributed by atoms with E-state index in [-0.39, 0.29) is 11.3 Å². The minimum Gasteiger partial charge on any atom is -0.228 e. The van der Waals surface area contributed by atoms with E-state index in [2.05, 4.69) is 0 Å². The molecule has 1 aliphatic rings. The number of rotatable bonds is 1. The molecule has 4 nitrogen and oxygen atoms in total. The Morgan fingerprint density at radius 1 is 1.11 bits per heavy atom. The standard InChI is InChI=1S/C11H11FO4S2/c12-10-5-2-1-4-9(10)11-8-17(13,14)6-3-7-18(11,15)16/h1-5,7,11H,6,8H2. The Morgan fingerprint density at radius 3 is 2.44 bits per heavy atom. The van der Waals surface area contributed by atoms with Gasteiger partial charge in [-0.2, -0.15) is 0 Å². The van der Waals surface area contributed by atoms with Crippen molar-refractivity contribution in [3.8, 4) is 0 Å². The first-order chi connectivity index (χ1) is 8.32. The maximum atomic E-state index is 13.6. The lowest BCUT2D eigenvalue weighted by Gasteiger charge is -2.14. The zero-order valence-electron chi connectivity index (χ0n) is 9.28. The number of halogens is 1. The van der Waals surface area contributed by atoms with E-state index < -0.39 is 36.5 Å². The summed E-state index contributed by atoms with van der Waals surface area (Å²) in [7, 11) is -7.34. The molecule has 1 aromatic carbocycles. The molecule has 0 fully saturated rings. The summed E-state index contributed by atoms with van der Waals surface area (Å²) in [5.74, 6) is -1.64. The fourth-order valence-electron chi connectivity index (χ4n) is 1.81. The Hall–Kier alpha value is -1.21. The van der Waals surface area contributed by atoms with Crippen LogP contribution >= 0.6 is 0 Å². The van der Waals surface area contributed by atoms with Crippen LogP contribution in [0.1, 0.15) is 10.8 Å². The van der Waals surface area contributed by atoms with Crippen LogP contribution in [0.4, 0.5) is 4.39 Å². The van der Waals surface area contributed by atoms with Gasteiger partial charge in [-0.25, -0.2) is 21.2 Å². The molecule has 0 aliphatic carbocycles. The van der Waals surface area contributed by atoms with Gasteiger partial charge < -0.3 is 0 Å². The first-order valence-corrected chi connectivity index (χ1v) is 8.60. The van der Waals surface area contributed by atoms with Crippen molar-refractivity contribution >= 4 is 19.7 Å². The summed E-state index contributed by atoms with van der Waals surface area (Å²) in [5.41, 5.74) is -0.104. The van der Waals surface area contributed by atoms with E-state index in [4.69, 9.17) is 0 Å². The number of hydrogen-bond acceptors (Lipinski definition) is 4. The minimum absolute atomic E-state index is 0.104. The molecule has 1 atom stereocenters. The van der Waals surface area contributed by atoms with Crippen LogP contribution in [0.3, 0.4) is 0 Å². The van der Waals surface area contributed by atoms with Gasteiger partial charge in [-0.1, -0.05) is 24.3 Å². The molecular weight excluding hydrogens is 279 g/mol. The summed E-state index contributed by atoms with van der Waals surface area (Å²) in [5, 5.41) is -0.517. The number of hydrogen-bond donors (Lipinski definition) is 0. The predicted molar refractivity (Wildman–Crippen MR) is 65.9 cm³/mol. The van der Waals surface area contributed by atoms with Crippen LogP contribution in [0.5, 0.6) is 0 Å². The lowest BCUT2D eigenvalue weighted by atomic mass is 10.1. The molecule has 0 spiro atoms. The summed E-state index contributed by atoms with van der Waals surface area (Å²) in [6.07, 6.45) is 1.09. The molecule has 1 unspecified atom stereocenters. The van der Waals surface area contributed by atoms with Gasteiger partial charge in [-0.05, 0) is 6.07 Å². The molecule has 1 heterocycles. The van der Waals surface area contributed by atoms with Gasteiger partial charge in [0.2, 0.25) is 0 Å². The Bertz CT molecular complexity index is 690. The number of sulfone groups is 2. The molecule has 0 aromatic heterocycles. The molecule has 0 radical (unpaired) electrons. The zero-order valence-corrected chi connectivity index (χ0v) is 10.9. The van der Waals surface area contributed by atoms with E-state index in [1.54, 1.807) is 0 Å². The molecule has 98 valence electrons. The molecule has 2 rings (SSSR count). The van der Waals surface area contributed by atoms with E-state index in [1.165, 1.54) is 18.2 Å². The molecule has 7 heteroatoms. The number of benzene rings is 1. The second-order valence-corrected chi connectivity index (χ2v) is 8.22. The second-order valence-electron chi connectivity index (χ2n) is 4.05. The normalized spacial score (nSPS) is 25.5. The highest BCUT2D eigenvalue weighted by Gasteiger charge is 2.34. The van der Waals surface area contributed by atoms with Crippen molar-refractivity contribution in [3.05, 3.63) is 47.1 Å². The summed E-state index contributed by atoms with van der Waals surface area (Å²) < 4.78 is 60.7. The van der Waals surface area contributed by atoms with Crippen molar-refractivity contribution in [3.63, 3.8) is 0 Å². The smallest absolute Gasteiger partial charge is 0.179 e. The van der Waals surface area contributed by atoms with E-state index in [9.17, 15) is 21.2 Å². The first-order valence-electron chi connectivity index (χ1n) is 5.17. The molecule has 0 N–H and O–H groups in total. The summed E-state index contributed by atoms with van der Waals surface area (Å²) in [6, 6.07) is 5.32. The van der Waals surface area contributed by atoms with Crippen LogP contribution in [0, 0.1) is 5.82 Å². The molecule has 1 aliphatic heterocycles. The van der Waals surface area contributed by atoms with Crippen LogP contribution in [0.25, 0.3) is 0 Å². The molecule has 0 saturated carbocycles. The van der Waals surface area contributed by atoms with Crippen LogP contribution < -0.4 is 0 Å². The highest BCUT2D eigenvalue weighted by Crippen LogP contribution is 2.29. The molecule has 0 amide bonds. The summed E-state index contributed by atoms with van der Waals surface area (Å²) >= 11 is 0. The summed E-state index contributed by atoms with van der Waals surface area (Å²) in [6.45, 7) is 0. The van der Waals surface area contributed by atoms with Gasteiger partial charge in [0, 0.05) is 11.0 Å². The van der Waals surface area contributed by atoms with Gasteiger partial charge in [-0.15, -0.1) is 0 Å². The minimum atomic E-state index is -3.81.